The van der Waals surface area contributed by atoms with Crippen molar-refractivity contribution in [3.8, 4) is 0 Å². The van der Waals surface area contributed by atoms with Gasteiger partial charge in [-0.3, -0.25) is 4.79 Å². The third-order valence-electron chi connectivity index (χ3n) is 3.32. The van der Waals surface area contributed by atoms with Crippen LogP contribution in [-0.4, -0.2) is 34.8 Å². The van der Waals surface area contributed by atoms with Crippen LogP contribution >= 0.6 is 11.8 Å². The minimum atomic E-state index is -0.721. The molecule has 1 aliphatic rings. The Morgan fingerprint density at radius 1 is 1.42 bits per heavy atom. The first-order valence-electron chi connectivity index (χ1n) is 6.75. The van der Waals surface area contributed by atoms with Gasteiger partial charge in [0.25, 0.3) is 0 Å². The molecular formula is C15H20O3S. The number of carbonyl (C=O) groups is 1. The van der Waals surface area contributed by atoms with E-state index in [1.165, 1.54) is 11.8 Å². The third kappa shape index (κ3) is 4.88. The lowest BCUT2D eigenvalue weighted by molar-refractivity contribution is -0.136. The molecule has 1 aromatic carbocycles. The summed E-state index contributed by atoms with van der Waals surface area (Å²) in [6, 6.07) is 9.81. The summed E-state index contributed by atoms with van der Waals surface area (Å²) < 4.78 is 5.55. The number of benzene rings is 1. The quantitative estimate of drug-likeness (QED) is 0.834. The van der Waals surface area contributed by atoms with Gasteiger partial charge in [-0.1, -0.05) is 30.3 Å². The van der Waals surface area contributed by atoms with Crippen molar-refractivity contribution in [1.29, 1.82) is 0 Å². The smallest absolute Gasteiger partial charge is 0.316 e. The number of ether oxygens (including phenoxy) is 1. The SMILES string of the molecule is O=C(O)C(Cc1ccccc1)SCCC1CCCO1. The number of hydrogen-bond donors (Lipinski definition) is 1. The van der Waals surface area contributed by atoms with Crippen LogP contribution in [0.2, 0.25) is 0 Å². The van der Waals surface area contributed by atoms with Gasteiger partial charge >= 0.3 is 5.97 Å². The summed E-state index contributed by atoms with van der Waals surface area (Å²) in [7, 11) is 0. The predicted octanol–water partition coefficient (Wildman–Crippen LogP) is 2.98. The molecule has 4 heteroatoms. The van der Waals surface area contributed by atoms with Gasteiger partial charge in [-0.15, -0.1) is 11.8 Å². The number of thioether (sulfide) groups is 1. The molecule has 0 amide bonds. The molecule has 0 spiro atoms. The molecule has 3 nitrogen and oxygen atoms in total. The first-order valence-corrected chi connectivity index (χ1v) is 7.80. The van der Waals surface area contributed by atoms with E-state index in [0.29, 0.717) is 12.5 Å². The summed E-state index contributed by atoms with van der Waals surface area (Å²) in [5, 5.41) is 8.92. The zero-order valence-electron chi connectivity index (χ0n) is 11.0. The second-order valence-corrected chi connectivity index (χ2v) is 6.12. The van der Waals surface area contributed by atoms with Gasteiger partial charge in [-0.2, -0.15) is 0 Å². The fourth-order valence-corrected chi connectivity index (χ4v) is 3.40. The van der Waals surface area contributed by atoms with Gasteiger partial charge in [0.15, 0.2) is 0 Å². The molecule has 0 radical (unpaired) electrons. The highest BCUT2D eigenvalue weighted by molar-refractivity contribution is 8.00. The average molecular weight is 280 g/mol. The van der Waals surface area contributed by atoms with Crippen LogP contribution in [0.4, 0.5) is 0 Å². The molecule has 1 saturated heterocycles. The zero-order valence-corrected chi connectivity index (χ0v) is 11.8. The second kappa shape index (κ2) is 7.56. The van der Waals surface area contributed by atoms with Crippen molar-refractivity contribution in [3.05, 3.63) is 35.9 Å². The molecule has 0 aromatic heterocycles. The molecule has 2 rings (SSSR count). The van der Waals surface area contributed by atoms with Gasteiger partial charge in [0.2, 0.25) is 0 Å². The lowest BCUT2D eigenvalue weighted by Gasteiger charge is -2.14. The highest BCUT2D eigenvalue weighted by Crippen LogP contribution is 2.22. The summed E-state index contributed by atoms with van der Waals surface area (Å²) in [4.78, 5) is 11.3. The molecule has 0 aliphatic carbocycles. The Hall–Kier alpha value is -1.00. The van der Waals surface area contributed by atoms with Crippen LogP contribution in [0, 0.1) is 0 Å². The van der Waals surface area contributed by atoms with E-state index in [1.807, 2.05) is 30.3 Å². The van der Waals surface area contributed by atoms with Crippen molar-refractivity contribution in [2.24, 2.45) is 0 Å². The molecule has 104 valence electrons. The van der Waals surface area contributed by atoms with Crippen molar-refractivity contribution < 1.29 is 14.6 Å². The van der Waals surface area contributed by atoms with Crippen LogP contribution in [-0.2, 0) is 16.0 Å². The van der Waals surface area contributed by atoms with Crippen LogP contribution in [0.15, 0.2) is 30.3 Å². The summed E-state index contributed by atoms with van der Waals surface area (Å²) in [5.74, 6) is 0.135. The Bertz CT molecular complexity index is 388. The molecule has 0 bridgehead atoms. The molecule has 1 aliphatic heterocycles. The summed E-state index contributed by atoms with van der Waals surface area (Å²) >= 11 is 1.53. The van der Waals surface area contributed by atoms with Crippen molar-refractivity contribution in [1.82, 2.24) is 0 Å². The maximum Gasteiger partial charge on any atom is 0.316 e. The Labute approximate surface area is 118 Å². The minimum absolute atomic E-state index is 0.346. The molecule has 1 fully saturated rings. The Morgan fingerprint density at radius 3 is 2.84 bits per heavy atom. The molecule has 2 atom stereocenters. The van der Waals surface area contributed by atoms with Gasteiger partial charge < -0.3 is 9.84 Å². The zero-order chi connectivity index (χ0) is 13.5. The first kappa shape index (κ1) is 14.4. The molecule has 19 heavy (non-hydrogen) atoms. The van der Waals surface area contributed by atoms with E-state index in [4.69, 9.17) is 4.74 Å². The number of rotatable bonds is 7. The van der Waals surface area contributed by atoms with Crippen molar-refractivity contribution in [2.75, 3.05) is 12.4 Å². The molecule has 1 aromatic rings. The Balaban J connectivity index is 1.77. The summed E-state index contributed by atoms with van der Waals surface area (Å²) in [6.45, 7) is 0.863. The lowest BCUT2D eigenvalue weighted by Crippen LogP contribution is -2.20. The Morgan fingerprint density at radius 2 is 2.21 bits per heavy atom. The topological polar surface area (TPSA) is 46.5 Å². The van der Waals surface area contributed by atoms with Crippen molar-refractivity contribution >= 4 is 17.7 Å². The van der Waals surface area contributed by atoms with E-state index in [0.717, 1.165) is 37.2 Å². The van der Waals surface area contributed by atoms with Crippen LogP contribution in [0.3, 0.4) is 0 Å². The van der Waals surface area contributed by atoms with Gasteiger partial charge in [0.05, 0.1) is 6.10 Å². The van der Waals surface area contributed by atoms with Crippen LogP contribution < -0.4 is 0 Å². The molecule has 1 N–H and O–H groups in total. The fraction of sp³-hybridized carbons (Fsp3) is 0.533. The van der Waals surface area contributed by atoms with E-state index >= 15 is 0 Å². The van der Waals surface area contributed by atoms with Crippen LogP contribution in [0.1, 0.15) is 24.8 Å². The van der Waals surface area contributed by atoms with E-state index < -0.39 is 5.97 Å². The minimum Gasteiger partial charge on any atom is -0.480 e. The first-order chi connectivity index (χ1) is 9.25. The maximum atomic E-state index is 11.3. The van der Waals surface area contributed by atoms with Crippen LogP contribution in [0.25, 0.3) is 0 Å². The van der Waals surface area contributed by atoms with E-state index in [9.17, 15) is 9.90 Å². The van der Waals surface area contributed by atoms with E-state index in [-0.39, 0.29) is 5.25 Å². The standard InChI is InChI=1S/C15H20O3S/c16-15(17)14(11-12-5-2-1-3-6-12)19-10-8-13-7-4-9-18-13/h1-3,5-6,13-14H,4,7-11H2,(H,16,17). The molecular weight excluding hydrogens is 260 g/mol. The van der Waals surface area contributed by atoms with E-state index in [1.54, 1.807) is 0 Å². The Kier molecular flexibility index (Phi) is 5.73. The van der Waals surface area contributed by atoms with Gasteiger partial charge in [-0.05, 0) is 37.0 Å². The summed E-state index contributed by atoms with van der Waals surface area (Å²) in [6.07, 6.45) is 4.16. The summed E-state index contributed by atoms with van der Waals surface area (Å²) in [5.41, 5.74) is 1.08. The normalized spacial score (nSPS) is 20.3. The highest BCUT2D eigenvalue weighted by Gasteiger charge is 2.20. The number of hydrogen-bond acceptors (Lipinski definition) is 3. The van der Waals surface area contributed by atoms with Gasteiger partial charge in [0.1, 0.15) is 5.25 Å². The third-order valence-corrected chi connectivity index (χ3v) is 4.56. The largest absolute Gasteiger partial charge is 0.480 e. The highest BCUT2D eigenvalue weighted by atomic mass is 32.2. The maximum absolute atomic E-state index is 11.3. The molecule has 2 unspecified atom stereocenters. The van der Waals surface area contributed by atoms with Crippen molar-refractivity contribution in [2.45, 2.75) is 37.0 Å². The second-order valence-electron chi connectivity index (χ2n) is 4.81. The monoisotopic (exact) mass is 280 g/mol. The molecule has 1 heterocycles. The predicted molar refractivity (Wildman–Crippen MR) is 77.6 cm³/mol. The van der Waals surface area contributed by atoms with Gasteiger partial charge in [0, 0.05) is 6.61 Å². The number of aliphatic carboxylic acids is 1. The number of carboxylic acid groups (broad SMARTS) is 1. The van der Waals surface area contributed by atoms with Crippen LogP contribution in [0.5, 0.6) is 0 Å². The fourth-order valence-electron chi connectivity index (χ4n) is 2.26. The molecule has 0 saturated carbocycles. The van der Waals surface area contributed by atoms with E-state index in [2.05, 4.69) is 0 Å². The van der Waals surface area contributed by atoms with Crippen molar-refractivity contribution in [3.63, 3.8) is 0 Å². The number of carboxylic acids is 1. The average Bonchev–Trinajstić information content (AvgIpc) is 2.92. The van der Waals surface area contributed by atoms with Gasteiger partial charge in [-0.25, -0.2) is 0 Å². The lowest BCUT2D eigenvalue weighted by atomic mass is 10.1.